The summed E-state index contributed by atoms with van der Waals surface area (Å²) in [6.45, 7) is 2.53. The molecule has 0 radical (unpaired) electrons. The monoisotopic (exact) mass is 355 g/mol. The molecule has 1 aromatic carbocycles. The second-order valence-electron chi connectivity index (χ2n) is 3.94. The van der Waals surface area contributed by atoms with Gasteiger partial charge in [-0.15, -0.1) is 11.3 Å². The summed E-state index contributed by atoms with van der Waals surface area (Å²) >= 11 is 4.89. The predicted molar refractivity (Wildman–Crippen MR) is 83.2 cm³/mol. The summed E-state index contributed by atoms with van der Waals surface area (Å²) in [4.78, 5) is 13.1. The fourth-order valence-corrected chi connectivity index (χ4v) is 3.08. The molecule has 0 unspecified atom stereocenters. The second kappa shape index (κ2) is 6.76. The number of ether oxygens (including phenoxy) is 2. The maximum atomic E-state index is 12.2. The van der Waals surface area contributed by atoms with Crippen molar-refractivity contribution in [2.45, 2.75) is 13.5 Å². The van der Waals surface area contributed by atoms with Gasteiger partial charge >= 0.3 is 5.97 Å². The van der Waals surface area contributed by atoms with E-state index in [-0.39, 0.29) is 12.2 Å². The molecule has 0 aliphatic rings. The minimum absolute atomic E-state index is 0.217. The van der Waals surface area contributed by atoms with Crippen molar-refractivity contribution in [3.8, 4) is 5.75 Å². The Labute approximate surface area is 129 Å². The first kappa shape index (κ1) is 14.9. The molecule has 4 nitrogen and oxygen atoms in total. The molecule has 1 aromatic heterocycles. The largest absolute Gasteiger partial charge is 0.493 e. The van der Waals surface area contributed by atoms with Crippen LogP contribution >= 0.6 is 27.3 Å². The Balaban J connectivity index is 2.12. The van der Waals surface area contributed by atoms with Crippen LogP contribution in [0.4, 0.5) is 5.69 Å². The van der Waals surface area contributed by atoms with Crippen LogP contribution in [0.3, 0.4) is 0 Å². The number of nitrogen functional groups attached to an aromatic ring is 1. The first-order valence-corrected chi connectivity index (χ1v) is 7.65. The number of hydrogen-bond donors (Lipinski definition) is 1. The van der Waals surface area contributed by atoms with E-state index in [0.29, 0.717) is 18.0 Å². The van der Waals surface area contributed by atoms with Gasteiger partial charge in [0.05, 0.1) is 10.4 Å². The third kappa shape index (κ3) is 3.52. The highest BCUT2D eigenvalue weighted by molar-refractivity contribution is 9.11. The average molecular weight is 356 g/mol. The average Bonchev–Trinajstić information content (AvgIpc) is 2.82. The zero-order chi connectivity index (χ0) is 14.5. The molecule has 0 atom stereocenters. The Kier molecular flexibility index (Phi) is 5.03. The maximum Gasteiger partial charge on any atom is 0.344 e. The molecule has 2 N–H and O–H groups in total. The Morgan fingerprint density at radius 2 is 2.15 bits per heavy atom. The van der Waals surface area contributed by atoms with Crippen LogP contribution in [-0.2, 0) is 11.3 Å². The van der Waals surface area contributed by atoms with E-state index >= 15 is 0 Å². The van der Waals surface area contributed by atoms with Gasteiger partial charge in [-0.3, -0.25) is 0 Å². The minimum atomic E-state index is -0.476. The quantitative estimate of drug-likeness (QED) is 0.653. The van der Waals surface area contributed by atoms with E-state index < -0.39 is 5.97 Å². The first-order valence-electron chi connectivity index (χ1n) is 6.04. The Hall–Kier alpha value is -1.53. The van der Waals surface area contributed by atoms with Crippen LogP contribution in [0, 0.1) is 0 Å². The Morgan fingerprint density at radius 3 is 2.80 bits per heavy atom. The van der Waals surface area contributed by atoms with Crippen LogP contribution < -0.4 is 10.5 Å². The number of hydrogen-bond acceptors (Lipinski definition) is 5. The molecule has 0 saturated carbocycles. The van der Waals surface area contributed by atoms with Crippen LogP contribution in [0.5, 0.6) is 5.75 Å². The van der Waals surface area contributed by atoms with Gasteiger partial charge in [-0.2, -0.15) is 0 Å². The summed E-state index contributed by atoms with van der Waals surface area (Å²) in [5, 5.41) is 0. The number of halogens is 1. The Bertz CT molecular complexity index is 612. The number of benzene rings is 1. The minimum Gasteiger partial charge on any atom is -0.493 e. The standard InChI is InChI=1S/C14H14BrNO3S/c1-2-18-11-5-3-4-10(16)13(11)14(17)19-8-9-6-7-12(15)20-9/h3-7H,2,8,16H2,1H3. The lowest BCUT2D eigenvalue weighted by atomic mass is 10.1. The SMILES string of the molecule is CCOc1cccc(N)c1C(=O)OCc1ccc(Br)s1. The van der Waals surface area contributed by atoms with Crippen LogP contribution in [0.15, 0.2) is 34.1 Å². The van der Waals surface area contributed by atoms with Crippen LogP contribution in [-0.4, -0.2) is 12.6 Å². The van der Waals surface area contributed by atoms with Crippen molar-refractivity contribution in [3.63, 3.8) is 0 Å². The maximum absolute atomic E-state index is 12.2. The van der Waals surface area contributed by atoms with Crippen molar-refractivity contribution in [2.75, 3.05) is 12.3 Å². The van der Waals surface area contributed by atoms with Crippen LogP contribution in [0.25, 0.3) is 0 Å². The van der Waals surface area contributed by atoms with Gasteiger partial charge in [-0.25, -0.2) is 4.79 Å². The van der Waals surface area contributed by atoms with Gasteiger partial charge in [0.1, 0.15) is 17.9 Å². The molecule has 0 aliphatic carbocycles. The van der Waals surface area contributed by atoms with Gasteiger partial charge in [0, 0.05) is 10.6 Å². The molecule has 0 bridgehead atoms. The number of nitrogens with two attached hydrogens (primary N) is 1. The number of esters is 1. The lowest BCUT2D eigenvalue weighted by Gasteiger charge is -2.11. The molecule has 0 fully saturated rings. The molecule has 20 heavy (non-hydrogen) atoms. The van der Waals surface area contributed by atoms with E-state index in [2.05, 4.69) is 15.9 Å². The smallest absolute Gasteiger partial charge is 0.344 e. The molecule has 1 heterocycles. The van der Waals surface area contributed by atoms with E-state index in [1.54, 1.807) is 18.2 Å². The van der Waals surface area contributed by atoms with Crippen LogP contribution in [0.1, 0.15) is 22.2 Å². The summed E-state index contributed by atoms with van der Waals surface area (Å²) in [5.41, 5.74) is 6.48. The molecule has 0 aliphatic heterocycles. The summed E-state index contributed by atoms with van der Waals surface area (Å²) < 4.78 is 11.7. The normalized spacial score (nSPS) is 10.3. The van der Waals surface area contributed by atoms with Crippen molar-refractivity contribution in [1.82, 2.24) is 0 Å². The molecule has 2 aromatic rings. The fraction of sp³-hybridized carbons (Fsp3) is 0.214. The van der Waals surface area contributed by atoms with E-state index in [1.807, 2.05) is 19.1 Å². The number of thiophene rings is 1. The number of anilines is 1. The van der Waals surface area contributed by atoms with Crippen molar-refractivity contribution in [1.29, 1.82) is 0 Å². The topological polar surface area (TPSA) is 61.5 Å². The molecule has 0 spiro atoms. The molecule has 0 saturated heterocycles. The lowest BCUT2D eigenvalue weighted by molar-refractivity contribution is 0.0474. The molecular formula is C14H14BrNO3S. The zero-order valence-corrected chi connectivity index (χ0v) is 13.3. The second-order valence-corrected chi connectivity index (χ2v) is 6.48. The highest BCUT2D eigenvalue weighted by Gasteiger charge is 2.17. The van der Waals surface area contributed by atoms with Crippen molar-refractivity contribution < 1.29 is 14.3 Å². The zero-order valence-electron chi connectivity index (χ0n) is 10.9. The summed E-state index contributed by atoms with van der Waals surface area (Å²) in [6, 6.07) is 8.92. The summed E-state index contributed by atoms with van der Waals surface area (Å²) in [6.07, 6.45) is 0. The highest BCUT2D eigenvalue weighted by atomic mass is 79.9. The number of rotatable bonds is 5. The number of carbonyl (C=O) groups is 1. The number of carbonyl (C=O) groups excluding carboxylic acids is 1. The molecule has 0 amide bonds. The molecule has 6 heteroatoms. The first-order chi connectivity index (χ1) is 9.61. The molecule has 106 valence electrons. The van der Waals surface area contributed by atoms with Gasteiger partial charge in [0.2, 0.25) is 0 Å². The van der Waals surface area contributed by atoms with Gasteiger partial charge in [-0.05, 0) is 47.1 Å². The van der Waals surface area contributed by atoms with E-state index in [4.69, 9.17) is 15.2 Å². The van der Waals surface area contributed by atoms with Crippen molar-refractivity contribution >= 4 is 38.9 Å². The van der Waals surface area contributed by atoms with E-state index in [1.165, 1.54) is 11.3 Å². The van der Waals surface area contributed by atoms with Gasteiger partial charge < -0.3 is 15.2 Å². The van der Waals surface area contributed by atoms with E-state index in [9.17, 15) is 4.79 Å². The third-order valence-electron chi connectivity index (χ3n) is 2.54. The van der Waals surface area contributed by atoms with Crippen LogP contribution in [0.2, 0.25) is 0 Å². The lowest BCUT2D eigenvalue weighted by Crippen LogP contribution is -2.10. The highest BCUT2D eigenvalue weighted by Crippen LogP contribution is 2.27. The van der Waals surface area contributed by atoms with Gasteiger partial charge in [0.15, 0.2) is 0 Å². The molecular weight excluding hydrogens is 342 g/mol. The van der Waals surface area contributed by atoms with Gasteiger partial charge in [0.25, 0.3) is 0 Å². The predicted octanol–water partition coefficient (Wildman–Crippen LogP) is 3.85. The summed E-state index contributed by atoms with van der Waals surface area (Å²) in [7, 11) is 0. The van der Waals surface area contributed by atoms with Crippen molar-refractivity contribution in [3.05, 3.63) is 44.6 Å². The Morgan fingerprint density at radius 1 is 1.35 bits per heavy atom. The third-order valence-corrected chi connectivity index (χ3v) is 4.13. The van der Waals surface area contributed by atoms with Gasteiger partial charge in [-0.1, -0.05) is 6.07 Å². The summed E-state index contributed by atoms with van der Waals surface area (Å²) in [5.74, 6) is -0.0269. The van der Waals surface area contributed by atoms with Crippen molar-refractivity contribution in [2.24, 2.45) is 0 Å². The fourth-order valence-electron chi connectivity index (χ4n) is 1.68. The molecule has 2 rings (SSSR count). The van der Waals surface area contributed by atoms with E-state index in [0.717, 1.165) is 8.66 Å².